The van der Waals surface area contributed by atoms with Crippen molar-refractivity contribution in [3.8, 4) is 5.75 Å². The number of aliphatic hydroxyl groups is 1. The van der Waals surface area contributed by atoms with Crippen LogP contribution in [0.25, 0.3) is 0 Å². The summed E-state index contributed by atoms with van der Waals surface area (Å²) < 4.78 is 45.0. The third kappa shape index (κ3) is 3.41. The maximum atomic E-state index is 13.3. The van der Waals surface area contributed by atoms with E-state index in [1.54, 1.807) is 36.4 Å². The fourth-order valence-corrected chi connectivity index (χ4v) is 4.24. The molecule has 0 aromatic heterocycles. The van der Waals surface area contributed by atoms with E-state index in [0.29, 0.717) is 17.0 Å². The lowest BCUT2D eigenvalue weighted by Crippen LogP contribution is -2.44. The van der Waals surface area contributed by atoms with Crippen LogP contribution in [-0.4, -0.2) is 28.4 Å². The van der Waals surface area contributed by atoms with Crippen molar-refractivity contribution in [3.63, 3.8) is 0 Å². The van der Waals surface area contributed by atoms with Gasteiger partial charge in [-0.05, 0) is 35.9 Å². The fourth-order valence-electron chi connectivity index (χ4n) is 4.24. The molecular formula is C24H17F3N2O4. The normalized spacial score (nSPS) is 19.6. The van der Waals surface area contributed by atoms with Gasteiger partial charge in [-0.2, -0.15) is 13.2 Å². The van der Waals surface area contributed by atoms with Crippen LogP contribution in [0.15, 0.2) is 66.7 Å². The maximum Gasteiger partial charge on any atom is 0.416 e. The Hall–Kier alpha value is -3.85. The van der Waals surface area contributed by atoms with E-state index < -0.39 is 23.4 Å². The van der Waals surface area contributed by atoms with Gasteiger partial charge in [0.25, 0.3) is 11.8 Å². The third-order valence-electron chi connectivity index (χ3n) is 5.78. The zero-order chi connectivity index (χ0) is 23.4. The van der Waals surface area contributed by atoms with E-state index >= 15 is 0 Å². The number of nitrogens with one attached hydrogen (secondary N) is 1. The molecule has 0 saturated carbocycles. The van der Waals surface area contributed by atoms with Crippen LogP contribution in [0.1, 0.15) is 32.6 Å². The maximum absolute atomic E-state index is 13.3. The molecule has 0 radical (unpaired) electrons. The first-order chi connectivity index (χ1) is 15.7. The first kappa shape index (κ1) is 21.0. The summed E-state index contributed by atoms with van der Waals surface area (Å²) in [6, 6.07) is 15.7. The van der Waals surface area contributed by atoms with Gasteiger partial charge in [-0.15, -0.1) is 0 Å². The Morgan fingerprint density at radius 2 is 1.82 bits per heavy atom. The average Bonchev–Trinajstić information content (AvgIpc) is 3.01. The van der Waals surface area contributed by atoms with Gasteiger partial charge in [0.15, 0.2) is 12.3 Å². The lowest BCUT2D eigenvalue weighted by Gasteiger charge is -2.35. The average molecular weight is 454 g/mol. The van der Waals surface area contributed by atoms with E-state index in [-0.39, 0.29) is 35.7 Å². The van der Waals surface area contributed by atoms with Crippen LogP contribution in [0.4, 0.5) is 18.9 Å². The summed E-state index contributed by atoms with van der Waals surface area (Å²) in [7, 11) is 0. The number of nitrogens with zero attached hydrogens (tertiary/aromatic N) is 1. The Bertz CT molecular complexity index is 1290. The van der Waals surface area contributed by atoms with Gasteiger partial charge >= 0.3 is 6.18 Å². The lowest BCUT2D eigenvalue weighted by atomic mass is 9.93. The summed E-state index contributed by atoms with van der Waals surface area (Å²) >= 11 is 0. The molecule has 0 spiro atoms. The SMILES string of the molecule is O=C1COc2ccc(C3(O)c4ccccc4C(=O)N3Cc3cccc(C(F)(F)F)c3)cc2N1. The van der Waals surface area contributed by atoms with Crippen LogP contribution in [0.5, 0.6) is 5.75 Å². The molecule has 0 aliphatic carbocycles. The van der Waals surface area contributed by atoms with Crippen molar-refractivity contribution in [2.75, 3.05) is 11.9 Å². The molecule has 5 rings (SSSR count). The predicted molar refractivity (Wildman–Crippen MR) is 111 cm³/mol. The van der Waals surface area contributed by atoms with Crippen molar-refractivity contribution in [2.45, 2.75) is 18.4 Å². The predicted octanol–water partition coefficient (Wildman–Crippen LogP) is 3.89. The smallest absolute Gasteiger partial charge is 0.416 e. The van der Waals surface area contributed by atoms with Gasteiger partial charge in [-0.25, -0.2) is 0 Å². The number of carbonyl (C=O) groups is 2. The summed E-state index contributed by atoms with van der Waals surface area (Å²) in [4.78, 5) is 26.1. The summed E-state index contributed by atoms with van der Waals surface area (Å²) in [6.07, 6.45) is -4.54. The molecule has 1 unspecified atom stereocenters. The standard InChI is InChI=1S/C24H17F3N2O4/c25-24(26,27)16-5-3-4-14(10-16)12-29-22(31)17-6-1-2-7-18(17)23(29,32)15-8-9-20-19(11-15)28-21(30)13-33-20/h1-11,32H,12-13H2,(H,28,30). The Balaban J connectivity index is 1.61. The first-order valence-corrected chi connectivity index (χ1v) is 10.0. The van der Waals surface area contributed by atoms with Crippen LogP contribution in [-0.2, 0) is 23.2 Å². The molecule has 2 amide bonds. The molecular weight excluding hydrogens is 437 g/mol. The Morgan fingerprint density at radius 1 is 1.03 bits per heavy atom. The van der Waals surface area contributed by atoms with E-state index in [0.717, 1.165) is 17.0 Å². The Kier molecular flexibility index (Phi) is 4.68. The highest BCUT2D eigenvalue weighted by molar-refractivity contribution is 6.00. The highest BCUT2D eigenvalue weighted by Gasteiger charge is 2.50. The highest BCUT2D eigenvalue weighted by Crippen LogP contribution is 2.45. The minimum Gasteiger partial charge on any atom is -0.482 e. The van der Waals surface area contributed by atoms with E-state index in [9.17, 15) is 27.9 Å². The van der Waals surface area contributed by atoms with Crippen LogP contribution >= 0.6 is 0 Å². The number of benzene rings is 3. The fraction of sp³-hybridized carbons (Fsp3) is 0.167. The lowest BCUT2D eigenvalue weighted by molar-refractivity contribution is -0.137. The summed E-state index contributed by atoms with van der Waals surface area (Å²) in [6.45, 7) is -0.409. The zero-order valence-electron chi connectivity index (χ0n) is 17.0. The molecule has 0 bridgehead atoms. The van der Waals surface area contributed by atoms with E-state index in [1.165, 1.54) is 18.2 Å². The number of carbonyl (C=O) groups excluding carboxylic acids is 2. The number of amides is 2. The second-order valence-electron chi connectivity index (χ2n) is 7.86. The molecule has 6 nitrogen and oxygen atoms in total. The van der Waals surface area contributed by atoms with Crippen LogP contribution in [0, 0.1) is 0 Å². The van der Waals surface area contributed by atoms with Crippen molar-refractivity contribution in [2.24, 2.45) is 0 Å². The summed E-state index contributed by atoms with van der Waals surface area (Å²) in [5, 5.41) is 14.6. The Morgan fingerprint density at radius 3 is 2.61 bits per heavy atom. The monoisotopic (exact) mass is 454 g/mol. The van der Waals surface area contributed by atoms with Gasteiger partial charge < -0.3 is 15.2 Å². The number of anilines is 1. The molecule has 0 saturated heterocycles. The van der Waals surface area contributed by atoms with Gasteiger partial charge in [-0.1, -0.05) is 36.4 Å². The molecule has 2 aliphatic heterocycles. The van der Waals surface area contributed by atoms with Gasteiger partial charge in [-0.3, -0.25) is 14.5 Å². The Labute approximate surface area is 186 Å². The molecule has 9 heteroatoms. The van der Waals surface area contributed by atoms with Gasteiger partial charge in [0.1, 0.15) is 5.75 Å². The van der Waals surface area contributed by atoms with Crippen molar-refractivity contribution in [1.29, 1.82) is 0 Å². The molecule has 0 fully saturated rings. The number of halogens is 3. The number of rotatable bonds is 3. The molecule has 33 heavy (non-hydrogen) atoms. The summed E-state index contributed by atoms with van der Waals surface area (Å²) in [5.41, 5.74) is -1.49. The van der Waals surface area contributed by atoms with Crippen LogP contribution in [0.3, 0.4) is 0 Å². The quantitative estimate of drug-likeness (QED) is 0.630. The molecule has 168 valence electrons. The molecule has 3 aromatic carbocycles. The zero-order valence-corrected chi connectivity index (χ0v) is 17.0. The van der Waals surface area contributed by atoms with E-state index in [1.807, 2.05) is 0 Å². The minimum absolute atomic E-state index is 0.139. The first-order valence-electron chi connectivity index (χ1n) is 10.0. The largest absolute Gasteiger partial charge is 0.482 e. The molecule has 2 aliphatic rings. The van der Waals surface area contributed by atoms with Gasteiger partial charge in [0, 0.05) is 23.2 Å². The number of ether oxygens (including phenoxy) is 1. The van der Waals surface area contributed by atoms with Crippen LogP contribution < -0.4 is 10.1 Å². The van der Waals surface area contributed by atoms with Crippen molar-refractivity contribution >= 4 is 17.5 Å². The second kappa shape index (κ2) is 7.35. The topological polar surface area (TPSA) is 78.9 Å². The van der Waals surface area contributed by atoms with Crippen molar-refractivity contribution in [1.82, 2.24) is 4.90 Å². The van der Waals surface area contributed by atoms with E-state index in [2.05, 4.69) is 5.32 Å². The summed E-state index contributed by atoms with van der Waals surface area (Å²) in [5.74, 6) is -0.483. The third-order valence-corrected chi connectivity index (χ3v) is 5.78. The molecule has 2 heterocycles. The number of alkyl halides is 3. The molecule has 1 atom stereocenters. The number of hydrogen-bond acceptors (Lipinski definition) is 4. The van der Waals surface area contributed by atoms with Gasteiger partial charge in [0.05, 0.1) is 11.3 Å². The highest BCUT2D eigenvalue weighted by atomic mass is 19.4. The van der Waals surface area contributed by atoms with Crippen molar-refractivity contribution < 1.29 is 32.6 Å². The number of fused-ring (bicyclic) bond motifs is 2. The molecule has 3 aromatic rings. The minimum atomic E-state index is -4.54. The van der Waals surface area contributed by atoms with E-state index in [4.69, 9.17) is 4.74 Å². The molecule has 2 N–H and O–H groups in total. The number of hydrogen-bond donors (Lipinski definition) is 2. The van der Waals surface area contributed by atoms with Crippen molar-refractivity contribution in [3.05, 3.63) is 94.5 Å². The second-order valence-corrected chi connectivity index (χ2v) is 7.86. The van der Waals surface area contributed by atoms with Crippen LogP contribution in [0.2, 0.25) is 0 Å². The van der Waals surface area contributed by atoms with Gasteiger partial charge in [0.2, 0.25) is 0 Å².